The van der Waals surface area contributed by atoms with Crippen LogP contribution in [0.2, 0.25) is 0 Å². The molecule has 2 aromatic carbocycles. The largest absolute Gasteiger partial charge is 0.481 e. The fraction of sp³-hybridized carbons (Fsp3) is 0.300. The molecule has 0 radical (unpaired) electrons. The van der Waals surface area contributed by atoms with Gasteiger partial charge in [-0.3, -0.25) is 4.79 Å². The van der Waals surface area contributed by atoms with Crippen LogP contribution in [0, 0.1) is 0 Å². The molecule has 0 aliphatic carbocycles. The van der Waals surface area contributed by atoms with Crippen LogP contribution < -0.4 is 0 Å². The predicted octanol–water partition coefficient (Wildman–Crippen LogP) is 4.49. The van der Waals surface area contributed by atoms with Crippen LogP contribution in [0.3, 0.4) is 0 Å². The second-order valence-electron chi connectivity index (χ2n) is 6.14. The molecule has 2 rings (SSSR count). The van der Waals surface area contributed by atoms with E-state index in [0.717, 1.165) is 11.1 Å². The fourth-order valence-electron chi connectivity index (χ4n) is 2.36. The van der Waals surface area contributed by atoms with Crippen LogP contribution in [0.4, 0.5) is 4.39 Å². The second kappa shape index (κ2) is 8.42. The normalized spacial score (nSPS) is 13.0. The average Bonchev–Trinajstić information content (AvgIpc) is 2.61. The highest BCUT2D eigenvalue weighted by Crippen LogP contribution is 2.23. The van der Waals surface area contributed by atoms with Crippen LogP contribution in [-0.4, -0.2) is 29.3 Å². The molecule has 4 nitrogen and oxygen atoms in total. The zero-order chi connectivity index (χ0) is 18.3. The van der Waals surface area contributed by atoms with Gasteiger partial charge >= 0.3 is 11.9 Å². The summed E-state index contributed by atoms with van der Waals surface area (Å²) < 4.78 is 19.2. The number of carboxylic acids is 1. The number of hydrogen-bond donors (Lipinski definition) is 1. The van der Waals surface area contributed by atoms with Gasteiger partial charge in [0.25, 0.3) is 0 Å². The van der Waals surface area contributed by atoms with Gasteiger partial charge in [-0.2, -0.15) is 0 Å². The van der Waals surface area contributed by atoms with Crippen LogP contribution in [0.5, 0.6) is 0 Å². The van der Waals surface area contributed by atoms with Crippen molar-refractivity contribution in [1.82, 2.24) is 0 Å². The fourth-order valence-corrected chi connectivity index (χ4v) is 2.36. The van der Waals surface area contributed by atoms with E-state index in [4.69, 9.17) is 9.84 Å². The highest BCUT2D eigenvalue weighted by molar-refractivity contribution is 5.90. The summed E-state index contributed by atoms with van der Waals surface area (Å²) in [4.78, 5) is 22.5. The number of aliphatic carboxylic acids is 1. The van der Waals surface area contributed by atoms with Gasteiger partial charge in [0.1, 0.15) is 5.67 Å². The number of esters is 1. The lowest BCUT2D eigenvalue weighted by molar-refractivity contribution is -0.137. The highest BCUT2D eigenvalue weighted by atomic mass is 19.1. The van der Waals surface area contributed by atoms with Crippen LogP contribution >= 0.6 is 0 Å². The first kappa shape index (κ1) is 18.6. The molecule has 0 amide bonds. The summed E-state index contributed by atoms with van der Waals surface area (Å²) in [5.41, 5.74) is 0.762. The van der Waals surface area contributed by atoms with Crippen molar-refractivity contribution in [2.75, 3.05) is 6.61 Å². The Morgan fingerprint density at radius 2 is 1.60 bits per heavy atom. The molecule has 0 aliphatic heterocycles. The smallest absolute Gasteiger partial charge is 0.338 e. The standard InChI is InChI=1S/C20H21FO4/c1-20(21,12-11-18(22)23)13-14-25-19(24)17-9-7-16(8-10-17)15-5-3-2-4-6-15/h2-10H,11-14H2,1H3,(H,22,23). The van der Waals surface area contributed by atoms with Crippen molar-refractivity contribution in [3.8, 4) is 11.1 Å². The number of alkyl halides is 1. The van der Waals surface area contributed by atoms with Crippen LogP contribution in [0.1, 0.15) is 36.5 Å². The lowest BCUT2D eigenvalue weighted by Gasteiger charge is -2.19. The number of carbonyl (C=O) groups is 2. The van der Waals surface area contributed by atoms with E-state index in [1.54, 1.807) is 12.1 Å². The van der Waals surface area contributed by atoms with Crippen molar-refractivity contribution in [3.05, 3.63) is 60.2 Å². The number of carbonyl (C=O) groups excluding carboxylic acids is 1. The van der Waals surface area contributed by atoms with Gasteiger partial charge in [0.2, 0.25) is 0 Å². The van der Waals surface area contributed by atoms with Gasteiger partial charge < -0.3 is 9.84 Å². The third-order valence-electron chi connectivity index (χ3n) is 3.94. The zero-order valence-corrected chi connectivity index (χ0v) is 14.1. The summed E-state index contributed by atoms with van der Waals surface area (Å²) in [5, 5.41) is 8.59. The summed E-state index contributed by atoms with van der Waals surface area (Å²) in [6.45, 7) is 1.23. The Labute approximate surface area is 146 Å². The molecular formula is C20H21FO4. The van der Waals surface area contributed by atoms with Crippen molar-refractivity contribution in [3.63, 3.8) is 0 Å². The molecular weight excluding hydrogens is 323 g/mol. The molecule has 1 unspecified atom stereocenters. The number of ether oxygens (including phenoxy) is 1. The van der Waals surface area contributed by atoms with Crippen molar-refractivity contribution < 1.29 is 23.8 Å². The predicted molar refractivity (Wildman–Crippen MR) is 93.2 cm³/mol. The summed E-state index contributed by atoms with van der Waals surface area (Å²) in [6, 6.07) is 16.8. The van der Waals surface area contributed by atoms with E-state index in [-0.39, 0.29) is 25.9 Å². The molecule has 1 N–H and O–H groups in total. The van der Waals surface area contributed by atoms with Gasteiger partial charge in [0.15, 0.2) is 0 Å². The first-order chi connectivity index (χ1) is 11.9. The Morgan fingerprint density at radius 1 is 1.00 bits per heavy atom. The highest BCUT2D eigenvalue weighted by Gasteiger charge is 2.24. The summed E-state index contributed by atoms with van der Waals surface area (Å²) in [6.07, 6.45) is -0.387. The number of hydrogen-bond acceptors (Lipinski definition) is 3. The SMILES string of the molecule is CC(F)(CCOC(=O)c1ccc(-c2ccccc2)cc1)CCC(=O)O. The molecule has 2 aromatic rings. The Balaban J connectivity index is 1.86. The van der Waals surface area contributed by atoms with Crippen molar-refractivity contribution in [1.29, 1.82) is 0 Å². The second-order valence-corrected chi connectivity index (χ2v) is 6.14. The molecule has 0 fully saturated rings. The van der Waals surface area contributed by atoms with E-state index < -0.39 is 17.6 Å². The van der Waals surface area contributed by atoms with Crippen molar-refractivity contribution in [2.45, 2.75) is 31.9 Å². The minimum atomic E-state index is -1.67. The van der Waals surface area contributed by atoms with E-state index in [1.165, 1.54) is 6.92 Å². The lowest BCUT2D eigenvalue weighted by atomic mass is 9.99. The number of halogens is 1. The van der Waals surface area contributed by atoms with Gasteiger partial charge in [0.05, 0.1) is 12.2 Å². The molecule has 5 heteroatoms. The minimum absolute atomic E-state index is 0.0336. The van der Waals surface area contributed by atoms with E-state index >= 15 is 0 Å². The number of rotatable bonds is 8. The monoisotopic (exact) mass is 344 g/mol. The third kappa shape index (κ3) is 6.03. The van der Waals surface area contributed by atoms with Crippen LogP contribution in [0.25, 0.3) is 11.1 Å². The van der Waals surface area contributed by atoms with Gasteiger partial charge in [-0.1, -0.05) is 42.5 Å². The lowest BCUT2D eigenvalue weighted by Crippen LogP contribution is -2.22. The van der Waals surface area contributed by atoms with Crippen molar-refractivity contribution >= 4 is 11.9 Å². The van der Waals surface area contributed by atoms with E-state index in [1.807, 2.05) is 42.5 Å². The first-order valence-corrected chi connectivity index (χ1v) is 8.11. The maximum atomic E-state index is 14.1. The number of benzene rings is 2. The van der Waals surface area contributed by atoms with Gasteiger partial charge in [0, 0.05) is 12.8 Å². The summed E-state index contributed by atoms with van der Waals surface area (Å²) >= 11 is 0. The molecule has 1 atom stereocenters. The Kier molecular flexibility index (Phi) is 6.28. The van der Waals surface area contributed by atoms with Crippen LogP contribution in [0.15, 0.2) is 54.6 Å². The topological polar surface area (TPSA) is 63.6 Å². The molecule has 0 saturated carbocycles. The van der Waals surface area contributed by atoms with Gasteiger partial charge in [-0.05, 0) is 36.6 Å². The Morgan fingerprint density at radius 3 is 2.20 bits per heavy atom. The molecule has 0 saturated heterocycles. The first-order valence-electron chi connectivity index (χ1n) is 8.11. The molecule has 0 spiro atoms. The van der Waals surface area contributed by atoms with E-state index in [9.17, 15) is 14.0 Å². The summed E-state index contributed by atoms with van der Waals surface area (Å²) in [5.74, 6) is -1.56. The number of carboxylic acid groups (broad SMARTS) is 1. The quantitative estimate of drug-likeness (QED) is 0.717. The van der Waals surface area contributed by atoms with E-state index in [2.05, 4.69) is 0 Å². The minimum Gasteiger partial charge on any atom is -0.481 e. The molecule has 0 aromatic heterocycles. The van der Waals surface area contributed by atoms with E-state index in [0.29, 0.717) is 5.56 Å². The Hall–Kier alpha value is -2.69. The zero-order valence-electron chi connectivity index (χ0n) is 14.1. The maximum Gasteiger partial charge on any atom is 0.338 e. The summed E-state index contributed by atoms with van der Waals surface area (Å²) in [7, 11) is 0. The maximum absolute atomic E-state index is 14.1. The molecule has 25 heavy (non-hydrogen) atoms. The molecule has 0 heterocycles. The molecule has 0 bridgehead atoms. The van der Waals surface area contributed by atoms with Crippen molar-refractivity contribution in [2.24, 2.45) is 0 Å². The van der Waals surface area contributed by atoms with Gasteiger partial charge in [-0.25, -0.2) is 9.18 Å². The average molecular weight is 344 g/mol. The third-order valence-corrected chi connectivity index (χ3v) is 3.94. The molecule has 0 aliphatic rings. The Bertz CT molecular complexity index is 708. The van der Waals surface area contributed by atoms with Crippen LogP contribution in [-0.2, 0) is 9.53 Å². The molecule has 132 valence electrons. The van der Waals surface area contributed by atoms with Gasteiger partial charge in [-0.15, -0.1) is 0 Å².